The molecular weight excluding hydrogens is 310 g/mol. The van der Waals surface area contributed by atoms with Gasteiger partial charge in [0.05, 0.1) is 19.6 Å². The summed E-state index contributed by atoms with van der Waals surface area (Å²) in [5.41, 5.74) is -0.326. The highest BCUT2D eigenvalue weighted by molar-refractivity contribution is 5.86. The third-order valence-corrected chi connectivity index (χ3v) is 2.93. The lowest BCUT2D eigenvalue weighted by molar-refractivity contribution is -0.757. The van der Waals surface area contributed by atoms with Crippen LogP contribution in [0.2, 0.25) is 0 Å². The van der Waals surface area contributed by atoms with E-state index in [0.717, 1.165) is 0 Å². The average molecular weight is 323 g/mol. The van der Waals surface area contributed by atoms with Gasteiger partial charge in [0, 0.05) is 17.4 Å². The number of aliphatic carboxylic acids is 1. The molecule has 0 fully saturated rings. The van der Waals surface area contributed by atoms with Crippen molar-refractivity contribution in [2.75, 3.05) is 13.2 Å². The molecule has 23 heavy (non-hydrogen) atoms. The lowest BCUT2D eigenvalue weighted by Crippen LogP contribution is -2.15. The second-order valence-corrected chi connectivity index (χ2v) is 4.52. The van der Waals surface area contributed by atoms with Crippen LogP contribution in [0, 0.1) is 10.1 Å². The molecule has 1 heterocycles. The smallest absolute Gasteiger partial charge is 0.379 e. The molecule has 0 radical (unpaired) electrons. The topological polar surface area (TPSA) is 129 Å². The molecule has 1 aromatic heterocycles. The zero-order valence-electron chi connectivity index (χ0n) is 11.9. The summed E-state index contributed by atoms with van der Waals surface area (Å²) < 4.78 is 10.4. The molecule has 0 aliphatic rings. The number of benzene rings is 1. The molecule has 0 aliphatic heterocycles. The Labute approximate surface area is 129 Å². The Kier molecular flexibility index (Phi) is 5.13. The fourth-order valence-electron chi connectivity index (χ4n) is 2.04. The lowest BCUT2D eigenvalue weighted by atomic mass is 10.1. The molecular formula is C14H13NO8. The van der Waals surface area contributed by atoms with E-state index in [1.807, 2.05) is 0 Å². The van der Waals surface area contributed by atoms with E-state index in [-0.39, 0.29) is 36.5 Å². The SMILES string of the molecule is O=C(O)Cc1c(OCCCO[N+](=O)[O-])c(=O)oc2ccccc12. The Balaban J connectivity index is 2.26. The van der Waals surface area contributed by atoms with Crippen LogP contribution in [0.15, 0.2) is 33.5 Å². The number of rotatable bonds is 8. The summed E-state index contributed by atoms with van der Waals surface area (Å²) in [5.74, 6) is -1.32. The normalized spacial score (nSPS) is 10.4. The number of fused-ring (bicyclic) bond motifs is 1. The van der Waals surface area contributed by atoms with Crippen LogP contribution < -0.4 is 10.4 Å². The molecule has 1 aromatic carbocycles. The molecule has 0 saturated carbocycles. The van der Waals surface area contributed by atoms with Crippen molar-refractivity contribution < 1.29 is 29.0 Å². The maximum absolute atomic E-state index is 12.0. The molecule has 0 bridgehead atoms. The van der Waals surface area contributed by atoms with E-state index >= 15 is 0 Å². The fraction of sp³-hybridized carbons (Fsp3) is 0.286. The molecule has 0 atom stereocenters. The summed E-state index contributed by atoms with van der Waals surface area (Å²) >= 11 is 0. The van der Waals surface area contributed by atoms with Gasteiger partial charge in [-0.05, 0) is 6.07 Å². The van der Waals surface area contributed by atoms with E-state index in [9.17, 15) is 19.7 Å². The van der Waals surface area contributed by atoms with E-state index in [2.05, 4.69) is 4.84 Å². The van der Waals surface area contributed by atoms with Gasteiger partial charge in [-0.3, -0.25) is 4.79 Å². The summed E-state index contributed by atoms with van der Waals surface area (Å²) in [4.78, 5) is 37.2. The average Bonchev–Trinajstić information content (AvgIpc) is 2.48. The van der Waals surface area contributed by atoms with E-state index in [1.54, 1.807) is 24.3 Å². The standard InChI is InChI=1S/C14H13NO8/c16-12(17)8-10-9-4-1-2-5-11(9)23-14(18)13(10)21-6-3-7-22-15(19)20/h1-2,4-5H,3,6-8H2,(H,16,17). The highest BCUT2D eigenvalue weighted by Crippen LogP contribution is 2.25. The second-order valence-electron chi connectivity index (χ2n) is 4.52. The van der Waals surface area contributed by atoms with Crippen LogP contribution in [0.5, 0.6) is 5.75 Å². The van der Waals surface area contributed by atoms with Crippen molar-refractivity contribution in [3.8, 4) is 5.75 Å². The highest BCUT2D eigenvalue weighted by atomic mass is 16.9. The van der Waals surface area contributed by atoms with E-state index < -0.39 is 23.1 Å². The number of para-hydroxylation sites is 1. The Morgan fingerprint density at radius 1 is 1.30 bits per heavy atom. The van der Waals surface area contributed by atoms with Gasteiger partial charge in [0.1, 0.15) is 5.58 Å². The van der Waals surface area contributed by atoms with Gasteiger partial charge in [0.15, 0.2) is 0 Å². The van der Waals surface area contributed by atoms with Crippen molar-refractivity contribution in [1.82, 2.24) is 0 Å². The monoisotopic (exact) mass is 323 g/mol. The number of hydrogen-bond acceptors (Lipinski definition) is 7. The largest absolute Gasteiger partial charge is 0.486 e. The maximum atomic E-state index is 12.0. The first-order valence-electron chi connectivity index (χ1n) is 6.65. The predicted molar refractivity (Wildman–Crippen MR) is 76.9 cm³/mol. The van der Waals surface area contributed by atoms with Crippen LogP contribution in [0.25, 0.3) is 11.0 Å². The van der Waals surface area contributed by atoms with Crippen LogP contribution in [-0.2, 0) is 16.1 Å². The van der Waals surface area contributed by atoms with Gasteiger partial charge in [-0.25, -0.2) is 4.79 Å². The van der Waals surface area contributed by atoms with E-state index in [4.69, 9.17) is 14.3 Å². The number of carboxylic acid groups (broad SMARTS) is 1. The van der Waals surface area contributed by atoms with E-state index in [1.165, 1.54) is 0 Å². The molecule has 2 rings (SSSR count). The quantitative estimate of drug-likeness (QED) is 0.334. The molecule has 0 unspecified atom stereocenters. The molecule has 122 valence electrons. The minimum Gasteiger partial charge on any atom is -0.486 e. The molecule has 9 nitrogen and oxygen atoms in total. The molecule has 0 spiro atoms. The van der Waals surface area contributed by atoms with Gasteiger partial charge >= 0.3 is 11.6 Å². The van der Waals surface area contributed by atoms with Gasteiger partial charge in [0.25, 0.3) is 5.09 Å². The summed E-state index contributed by atoms with van der Waals surface area (Å²) in [6.07, 6.45) is -0.257. The molecule has 0 saturated heterocycles. The van der Waals surface area contributed by atoms with Gasteiger partial charge in [-0.15, -0.1) is 10.1 Å². The summed E-state index contributed by atoms with van der Waals surface area (Å²) in [6.45, 7) is -0.246. The third kappa shape index (κ3) is 4.19. The number of ether oxygens (including phenoxy) is 1. The zero-order chi connectivity index (χ0) is 16.8. The Morgan fingerprint density at radius 3 is 2.74 bits per heavy atom. The van der Waals surface area contributed by atoms with Gasteiger partial charge < -0.3 is 19.1 Å². The van der Waals surface area contributed by atoms with Crippen molar-refractivity contribution in [2.24, 2.45) is 0 Å². The van der Waals surface area contributed by atoms with Crippen LogP contribution >= 0.6 is 0 Å². The van der Waals surface area contributed by atoms with Gasteiger partial charge in [0.2, 0.25) is 5.75 Å². The molecule has 1 N–H and O–H groups in total. The van der Waals surface area contributed by atoms with Crippen molar-refractivity contribution >= 4 is 16.9 Å². The van der Waals surface area contributed by atoms with Crippen molar-refractivity contribution in [1.29, 1.82) is 0 Å². The minimum atomic E-state index is -1.12. The number of nitrogens with zero attached hydrogens (tertiary/aromatic N) is 1. The third-order valence-electron chi connectivity index (χ3n) is 2.93. The number of carbonyl (C=O) groups is 1. The predicted octanol–water partition coefficient (Wildman–Crippen LogP) is 1.40. The Bertz CT molecular complexity index is 782. The summed E-state index contributed by atoms with van der Waals surface area (Å²) in [5, 5.41) is 18.6. The number of carboxylic acids is 1. The van der Waals surface area contributed by atoms with E-state index in [0.29, 0.717) is 5.39 Å². The van der Waals surface area contributed by atoms with Crippen LogP contribution in [-0.4, -0.2) is 29.4 Å². The molecule has 0 aliphatic carbocycles. The van der Waals surface area contributed by atoms with Crippen LogP contribution in [0.1, 0.15) is 12.0 Å². The summed E-state index contributed by atoms with van der Waals surface area (Å²) in [6, 6.07) is 6.52. The van der Waals surface area contributed by atoms with Crippen molar-refractivity contribution in [3.63, 3.8) is 0 Å². The fourth-order valence-corrected chi connectivity index (χ4v) is 2.04. The Morgan fingerprint density at radius 2 is 2.04 bits per heavy atom. The van der Waals surface area contributed by atoms with Crippen LogP contribution in [0.3, 0.4) is 0 Å². The minimum absolute atomic E-state index is 0.0520. The van der Waals surface area contributed by atoms with Crippen molar-refractivity contribution in [3.05, 3.63) is 50.4 Å². The second kappa shape index (κ2) is 7.25. The molecule has 0 amide bonds. The lowest BCUT2D eigenvalue weighted by Gasteiger charge is -2.11. The van der Waals surface area contributed by atoms with Crippen LogP contribution in [0.4, 0.5) is 0 Å². The van der Waals surface area contributed by atoms with Gasteiger partial charge in [-0.2, -0.15) is 0 Å². The summed E-state index contributed by atoms with van der Waals surface area (Å²) in [7, 11) is 0. The van der Waals surface area contributed by atoms with Gasteiger partial charge in [-0.1, -0.05) is 18.2 Å². The number of hydrogen-bond donors (Lipinski definition) is 1. The molecule has 9 heteroatoms. The molecule has 2 aromatic rings. The maximum Gasteiger partial charge on any atom is 0.379 e. The highest BCUT2D eigenvalue weighted by Gasteiger charge is 2.18. The van der Waals surface area contributed by atoms with Crippen molar-refractivity contribution in [2.45, 2.75) is 12.8 Å². The first-order chi connectivity index (χ1) is 11.0. The first-order valence-corrected chi connectivity index (χ1v) is 6.65. The Hall–Kier alpha value is -3.10. The first kappa shape index (κ1) is 16.3. The zero-order valence-corrected chi connectivity index (χ0v) is 11.9.